The zero-order valence-electron chi connectivity index (χ0n) is 8.65. The molecule has 0 heterocycles. The van der Waals surface area contributed by atoms with E-state index < -0.39 is 11.9 Å². The summed E-state index contributed by atoms with van der Waals surface area (Å²) in [5.41, 5.74) is 0.294. The van der Waals surface area contributed by atoms with Crippen molar-refractivity contribution in [1.29, 1.82) is 0 Å². The van der Waals surface area contributed by atoms with E-state index in [0.717, 1.165) is 0 Å². The van der Waals surface area contributed by atoms with Gasteiger partial charge in [-0.05, 0) is 25.1 Å². The Bertz CT molecular complexity index is 465. The van der Waals surface area contributed by atoms with Gasteiger partial charge in [-0.2, -0.15) is 0 Å². The van der Waals surface area contributed by atoms with Gasteiger partial charge in [0.2, 0.25) is 0 Å². The average molecular weight is 221 g/mol. The van der Waals surface area contributed by atoms with E-state index in [4.69, 9.17) is 5.11 Å². The molecule has 0 saturated heterocycles. The number of hydrogen-bond donors (Lipinski definition) is 3. The van der Waals surface area contributed by atoms with Crippen molar-refractivity contribution in [3.63, 3.8) is 0 Å². The molecule has 0 aliphatic rings. The van der Waals surface area contributed by atoms with Gasteiger partial charge in [-0.15, -0.1) is 0 Å². The number of aromatic carboxylic acids is 1. The Morgan fingerprint density at radius 1 is 1.38 bits per heavy atom. The molecule has 0 bridgehead atoms. The lowest BCUT2D eigenvalue weighted by Crippen LogP contribution is -2.12. The van der Waals surface area contributed by atoms with Gasteiger partial charge < -0.3 is 15.5 Å². The highest BCUT2D eigenvalue weighted by molar-refractivity contribution is 6.04. The lowest BCUT2D eigenvalue weighted by molar-refractivity contribution is -0.112. The van der Waals surface area contributed by atoms with Crippen LogP contribution in [0, 0.1) is 0 Å². The number of carbonyl (C=O) groups is 2. The smallest absolute Gasteiger partial charge is 0.335 e. The van der Waals surface area contributed by atoms with Crippen LogP contribution in [0.25, 0.3) is 0 Å². The highest BCUT2D eigenvalue weighted by Gasteiger charge is 2.10. The van der Waals surface area contributed by atoms with Crippen LogP contribution < -0.4 is 5.32 Å². The number of benzene rings is 1. The molecule has 0 atom stereocenters. The van der Waals surface area contributed by atoms with Crippen molar-refractivity contribution in [3.05, 3.63) is 35.9 Å². The Balaban J connectivity index is 3.03. The molecule has 16 heavy (non-hydrogen) atoms. The largest absolute Gasteiger partial charge is 0.506 e. The molecule has 0 radical (unpaired) electrons. The number of carboxylic acids is 1. The van der Waals surface area contributed by atoms with E-state index in [9.17, 15) is 14.7 Å². The summed E-state index contributed by atoms with van der Waals surface area (Å²) in [4.78, 5) is 21.9. The molecule has 0 unspecified atom stereocenters. The first-order valence-electron chi connectivity index (χ1n) is 4.45. The highest BCUT2D eigenvalue weighted by Crippen LogP contribution is 2.24. The zero-order valence-corrected chi connectivity index (χ0v) is 8.65. The summed E-state index contributed by atoms with van der Waals surface area (Å²) in [6, 6.07) is 3.63. The first kappa shape index (κ1) is 11.8. The fraction of sp³-hybridized carbons (Fsp3) is 0.0909. The second-order valence-corrected chi connectivity index (χ2v) is 3.27. The van der Waals surface area contributed by atoms with Gasteiger partial charge in [-0.3, -0.25) is 4.79 Å². The molecule has 1 aromatic rings. The fourth-order valence-electron chi connectivity index (χ4n) is 0.998. The molecule has 84 valence electrons. The quantitative estimate of drug-likeness (QED) is 0.534. The molecule has 1 amide bonds. The number of amides is 1. The molecule has 5 heteroatoms. The molecule has 0 fully saturated rings. The number of hydrogen-bond acceptors (Lipinski definition) is 3. The van der Waals surface area contributed by atoms with Crippen molar-refractivity contribution in [2.45, 2.75) is 6.92 Å². The molecule has 5 nitrogen and oxygen atoms in total. The second kappa shape index (κ2) is 4.48. The molecular weight excluding hydrogens is 210 g/mol. The molecule has 1 aromatic carbocycles. The highest BCUT2D eigenvalue weighted by atomic mass is 16.4. The van der Waals surface area contributed by atoms with Crippen LogP contribution in [0.2, 0.25) is 0 Å². The van der Waals surface area contributed by atoms with Crippen LogP contribution in [0.4, 0.5) is 5.69 Å². The molecule has 0 saturated carbocycles. The maximum Gasteiger partial charge on any atom is 0.335 e. The van der Waals surface area contributed by atoms with Crippen molar-refractivity contribution in [2.24, 2.45) is 0 Å². The van der Waals surface area contributed by atoms with Gasteiger partial charge in [-0.25, -0.2) is 4.79 Å². The normalized spacial score (nSPS) is 9.56. The van der Waals surface area contributed by atoms with Gasteiger partial charge in [0.05, 0.1) is 11.3 Å². The monoisotopic (exact) mass is 221 g/mol. The first-order valence-corrected chi connectivity index (χ1v) is 4.45. The van der Waals surface area contributed by atoms with Gasteiger partial charge in [-0.1, -0.05) is 6.58 Å². The van der Waals surface area contributed by atoms with Gasteiger partial charge in [0.25, 0.3) is 5.91 Å². The van der Waals surface area contributed by atoms with Gasteiger partial charge in [0.1, 0.15) is 5.75 Å². The summed E-state index contributed by atoms with van der Waals surface area (Å²) in [6.45, 7) is 4.94. The van der Waals surface area contributed by atoms with Gasteiger partial charge in [0, 0.05) is 5.57 Å². The van der Waals surface area contributed by atoms with Crippen molar-refractivity contribution >= 4 is 17.6 Å². The molecule has 0 aromatic heterocycles. The summed E-state index contributed by atoms with van der Waals surface area (Å²) < 4.78 is 0. The topological polar surface area (TPSA) is 86.6 Å². The minimum Gasteiger partial charge on any atom is -0.506 e. The summed E-state index contributed by atoms with van der Waals surface area (Å²) >= 11 is 0. The third kappa shape index (κ3) is 2.60. The van der Waals surface area contributed by atoms with E-state index in [0.29, 0.717) is 0 Å². The number of phenolic OH excluding ortho intramolecular Hbond substituents is 1. The molecule has 0 spiro atoms. The number of carboxylic acid groups (broad SMARTS) is 1. The minimum absolute atomic E-state index is 0.0187. The Hall–Kier alpha value is -2.30. The Labute approximate surface area is 92.0 Å². The zero-order chi connectivity index (χ0) is 12.3. The maximum atomic E-state index is 11.3. The van der Waals surface area contributed by atoms with Crippen molar-refractivity contribution in [2.75, 3.05) is 5.32 Å². The average Bonchev–Trinajstić information content (AvgIpc) is 2.20. The predicted octanol–water partition coefficient (Wildman–Crippen LogP) is 1.60. The number of carbonyl (C=O) groups excluding carboxylic acids is 1. The number of rotatable bonds is 3. The number of nitrogens with one attached hydrogen (secondary N) is 1. The van der Waals surface area contributed by atoms with Crippen LogP contribution in [-0.4, -0.2) is 22.1 Å². The Kier molecular flexibility index (Phi) is 3.30. The van der Waals surface area contributed by atoms with E-state index in [1.165, 1.54) is 25.1 Å². The van der Waals surface area contributed by atoms with Crippen LogP contribution in [0.15, 0.2) is 30.4 Å². The van der Waals surface area contributed by atoms with Crippen LogP contribution >= 0.6 is 0 Å². The van der Waals surface area contributed by atoms with E-state index in [-0.39, 0.29) is 22.6 Å². The minimum atomic E-state index is -1.13. The van der Waals surface area contributed by atoms with Crippen LogP contribution in [0.3, 0.4) is 0 Å². The van der Waals surface area contributed by atoms with Crippen molar-refractivity contribution < 1.29 is 19.8 Å². The Morgan fingerprint density at radius 2 is 2.00 bits per heavy atom. The molecular formula is C11H11NO4. The lowest BCUT2D eigenvalue weighted by Gasteiger charge is -2.07. The maximum absolute atomic E-state index is 11.3. The number of aromatic hydroxyl groups is 1. The summed E-state index contributed by atoms with van der Waals surface area (Å²) in [5, 5.41) is 20.5. The molecule has 0 aliphatic heterocycles. The molecule has 0 aliphatic carbocycles. The third-order valence-electron chi connectivity index (χ3n) is 1.88. The molecule has 3 N–H and O–H groups in total. The first-order chi connectivity index (χ1) is 7.41. The van der Waals surface area contributed by atoms with E-state index >= 15 is 0 Å². The third-order valence-corrected chi connectivity index (χ3v) is 1.88. The van der Waals surface area contributed by atoms with Gasteiger partial charge in [0.15, 0.2) is 0 Å². The lowest BCUT2D eigenvalue weighted by atomic mass is 10.2. The molecule has 1 rings (SSSR count). The van der Waals surface area contributed by atoms with Crippen LogP contribution in [0.5, 0.6) is 5.75 Å². The van der Waals surface area contributed by atoms with Crippen molar-refractivity contribution in [1.82, 2.24) is 0 Å². The second-order valence-electron chi connectivity index (χ2n) is 3.27. The van der Waals surface area contributed by atoms with Crippen molar-refractivity contribution in [3.8, 4) is 5.75 Å². The Morgan fingerprint density at radius 3 is 2.50 bits per heavy atom. The van der Waals surface area contributed by atoms with Gasteiger partial charge >= 0.3 is 5.97 Å². The summed E-state index contributed by atoms with van der Waals surface area (Å²) in [5.74, 6) is -1.80. The summed E-state index contributed by atoms with van der Waals surface area (Å²) in [6.07, 6.45) is 0. The van der Waals surface area contributed by atoms with E-state index in [1.54, 1.807) is 0 Å². The summed E-state index contributed by atoms with van der Waals surface area (Å²) in [7, 11) is 0. The standard InChI is InChI=1S/C11H11NO4/c1-6(2)10(14)12-8-5-7(11(15)16)3-4-9(8)13/h3-5,13H,1H2,2H3,(H,12,14)(H,15,16). The fourth-order valence-corrected chi connectivity index (χ4v) is 0.998. The predicted molar refractivity (Wildman–Crippen MR) is 58.5 cm³/mol. The van der Waals surface area contributed by atoms with Crippen LogP contribution in [-0.2, 0) is 4.79 Å². The number of phenols is 1. The SMILES string of the molecule is C=C(C)C(=O)Nc1cc(C(=O)O)ccc1O. The van der Waals surface area contributed by atoms with E-state index in [1.807, 2.05) is 0 Å². The van der Waals surface area contributed by atoms with E-state index in [2.05, 4.69) is 11.9 Å². The van der Waals surface area contributed by atoms with Crippen LogP contribution in [0.1, 0.15) is 17.3 Å². The number of anilines is 1.